The molecule has 0 amide bonds. The third-order valence-corrected chi connectivity index (χ3v) is 10.3. The highest BCUT2D eigenvalue weighted by molar-refractivity contribution is 7.87. The van der Waals surface area contributed by atoms with Gasteiger partial charge in [0.05, 0.1) is 6.26 Å². The van der Waals surface area contributed by atoms with Crippen LogP contribution in [0.4, 0.5) is 0 Å². The average Bonchev–Trinajstić information content (AvgIpc) is 2.44. The molecule has 0 unspecified atom stereocenters. The second-order valence-corrected chi connectivity index (χ2v) is 12.5. The molecule has 2 aromatic carbocycles. The summed E-state index contributed by atoms with van der Waals surface area (Å²) >= 11 is 0. The van der Waals surface area contributed by atoms with Gasteiger partial charge in [0.1, 0.15) is 0 Å². The van der Waals surface area contributed by atoms with Crippen LogP contribution in [0, 0.1) is 0 Å². The van der Waals surface area contributed by atoms with Gasteiger partial charge in [0.25, 0.3) is 18.4 Å². The number of benzene rings is 2. The minimum absolute atomic E-state index is 0.335. The first-order chi connectivity index (χ1) is 10.2. The Morgan fingerprint density at radius 3 is 1.45 bits per heavy atom. The highest BCUT2D eigenvalue weighted by Gasteiger charge is 2.52. The Kier molecular flexibility index (Phi) is 4.61. The van der Waals surface area contributed by atoms with Crippen LogP contribution in [-0.4, -0.2) is 23.0 Å². The quantitative estimate of drug-likeness (QED) is 0.807. The SMILES string of the molecule is CC(C)(C)[Si](OS(C)(=O)=O)(c1ccccc1)c1ccccc1. The first kappa shape index (κ1) is 16.9. The zero-order valence-electron chi connectivity index (χ0n) is 13.4. The van der Waals surface area contributed by atoms with E-state index < -0.39 is 18.4 Å². The van der Waals surface area contributed by atoms with Crippen molar-refractivity contribution in [2.75, 3.05) is 6.26 Å². The summed E-state index contributed by atoms with van der Waals surface area (Å²) in [6, 6.07) is 19.4. The van der Waals surface area contributed by atoms with Crippen molar-refractivity contribution in [2.45, 2.75) is 25.8 Å². The van der Waals surface area contributed by atoms with Crippen LogP contribution in [0.1, 0.15) is 20.8 Å². The van der Waals surface area contributed by atoms with Crippen molar-refractivity contribution in [3.8, 4) is 0 Å². The van der Waals surface area contributed by atoms with Crippen LogP contribution in [0.5, 0.6) is 0 Å². The maximum absolute atomic E-state index is 12.1. The van der Waals surface area contributed by atoms with Gasteiger partial charge in [-0.3, -0.25) is 0 Å². The number of rotatable bonds is 4. The molecule has 0 bridgehead atoms. The number of hydrogen-bond acceptors (Lipinski definition) is 3. The van der Waals surface area contributed by atoms with Gasteiger partial charge in [-0.25, -0.2) is 8.42 Å². The van der Waals surface area contributed by atoms with Gasteiger partial charge >= 0.3 is 0 Å². The molecule has 0 aliphatic heterocycles. The summed E-state index contributed by atoms with van der Waals surface area (Å²) in [5, 5.41) is 1.58. The Bertz CT molecular complexity index is 680. The zero-order chi connectivity index (χ0) is 16.4. The molecule has 2 aromatic rings. The molecule has 0 aliphatic carbocycles. The molecule has 0 spiro atoms. The second kappa shape index (κ2) is 5.99. The summed E-state index contributed by atoms with van der Waals surface area (Å²) in [6.45, 7) is 6.14. The molecule has 0 N–H and O–H groups in total. The highest BCUT2D eigenvalue weighted by atomic mass is 32.2. The molecule has 2 rings (SSSR count). The van der Waals surface area contributed by atoms with Crippen LogP contribution in [0.3, 0.4) is 0 Å². The molecule has 0 fully saturated rings. The van der Waals surface area contributed by atoms with Gasteiger partial charge in [0.15, 0.2) is 0 Å². The zero-order valence-corrected chi connectivity index (χ0v) is 15.2. The Morgan fingerprint density at radius 2 is 1.18 bits per heavy atom. The van der Waals surface area contributed by atoms with E-state index >= 15 is 0 Å². The third kappa shape index (κ3) is 3.32. The van der Waals surface area contributed by atoms with Gasteiger partial charge in [0, 0.05) is 0 Å². The summed E-state index contributed by atoms with van der Waals surface area (Å²) in [6.07, 6.45) is 1.13. The molecule has 3 nitrogen and oxygen atoms in total. The van der Waals surface area contributed by atoms with Gasteiger partial charge in [0.2, 0.25) is 0 Å². The minimum atomic E-state index is -3.60. The van der Waals surface area contributed by atoms with Crippen LogP contribution in [-0.2, 0) is 14.0 Å². The summed E-state index contributed by atoms with van der Waals surface area (Å²) in [5.74, 6) is 0. The molecule has 118 valence electrons. The van der Waals surface area contributed by atoms with E-state index in [2.05, 4.69) is 0 Å². The van der Waals surface area contributed by atoms with Crippen molar-refractivity contribution in [1.29, 1.82) is 0 Å². The summed E-state index contributed by atoms with van der Waals surface area (Å²) < 4.78 is 30.0. The monoisotopic (exact) mass is 334 g/mol. The van der Waals surface area contributed by atoms with Crippen molar-refractivity contribution in [3.05, 3.63) is 60.7 Å². The molecule has 0 heterocycles. The van der Waals surface area contributed by atoms with E-state index in [0.717, 1.165) is 16.6 Å². The maximum Gasteiger partial charge on any atom is 0.284 e. The standard InChI is InChI=1S/C17H22O3SSi/c1-17(2,3)22(20-21(4,18)19,15-11-7-5-8-12-15)16-13-9-6-10-14-16/h5-14H,1-4H3. The van der Waals surface area contributed by atoms with E-state index in [4.69, 9.17) is 3.87 Å². The first-order valence-electron chi connectivity index (χ1n) is 7.18. The van der Waals surface area contributed by atoms with E-state index in [9.17, 15) is 8.42 Å². The summed E-state index contributed by atoms with van der Waals surface area (Å²) in [5.41, 5.74) is 0. The van der Waals surface area contributed by atoms with Crippen molar-refractivity contribution in [2.24, 2.45) is 0 Å². The molecule has 0 saturated heterocycles. The average molecular weight is 335 g/mol. The van der Waals surface area contributed by atoms with Gasteiger partial charge in [-0.1, -0.05) is 81.4 Å². The van der Waals surface area contributed by atoms with E-state index in [0.29, 0.717) is 0 Å². The van der Waals surface area contributed by atoms with Crippen LogP contribution < -0.4 is 10.4 Å². The maximum atomic E-state index is 12.1. The molecular weight excluding hydrogens is 312 g/mol. The fraction of sp³-hybridized carbons (Fsp3) is 0.294. The Morgan fingerprint density at radius 1 is 0.818 bits per heavy atom. The van der Waals surface area contributed by atoms with Crippen LogP contribution >= 0.6 is 0 Å². The fourth-order valence-electron chi connectivity index (χ4n) is 2.83. The molecule has 0 saturated carbocycles. The van der Waals surface area contributed by atoms with Gasteiger partial charge < -0.3 is 3.87 Å². The topological polar surface area (TPSA) is 43.4 Å². The smallest absolute Gasteiger partial charge is 0.284 e. The van der Waals surface area contributed by atoms with Crippen LogP contribution in [0.15, 0.2) is 60.7 Å². The largest absolute Gasteiger partial charge is 0.303 e. The molecular formula is C17H22O3SSi. The molecule has 22 heavy (non-hydrogen) atoms. The van der Waals surface area contributed by atoms with Crippen molar-refractivity contribution in [3.63, 3.8) is 0 Å². The molecule has 0 aromatic heterocycles. The predicted molar refractivity (Wildman–Crippen MR) is 93.5 cm³/mol. The Hall–Kier alpha value is -1.43. The van der Waals surface area contributed by atoms with Crippen molar-refractivity contribution < 1.29 is 12.3 Å². The lowest BCUT2D eigenvalue weighted by molar-refractivity contribution is 0.471. The predicted octanol–water partition coefficient (Wildman–Crippen LogP) is 2.52. The van der Waals surface area contributed by atoms with E-state index in [1.54, 1.807) is 0 Å². The van der Waals surface area contributed by atoms with E-state index in [1.807, 2.05) is 81.4 Å². The summed E-state index contributed by atoms with van der Waals surface area (Å²) in [7, 11) is -6.57. The lowest BCUT2D eigenvalue weighted by atomic mass is 10.2. The molecule has 0 atom stereocenters. The van der Waals surface area contributed by atoms with E-state index in [1.165, 1.54) is 0 Å². The van der Waals surface area contributed by atoms with Crippen LogP contribution in [0.2, 0.25) is 5.04 Å². The van der Waals surface area contributed by atoms with Crippen molar-refractivity contribution >= 4 is 28.8 Å². The molecule has 0 radical (unpaired) electrons. The normalized spacial score (nSPS) is 13.1. The Balaban J connectivity index is 2.82. The third-order valence-electron chi connectivity index (χ3n) is 3.69. The van der Waals surface area contributed by atoms with E-state index in [-0.39, 0.29) is 5.04 Å². The minimum Gasteiger partial charge on any atom is -0.303 e. The highest BCUT2D eigenvalue weighted by Crippen LogP contribution is 2.37. The fourth-order valence-corrected chi connectivity index (χ4v) is 9.80. The molecule has 5 heteroatoms. The second-order valence-electron chi connectivity index (χ2n) is 6.45. The first-order valence-corrected chi connectivity index (χ1v) is 10.9. The van der Waals surface area contributed by atoms with Gasteiger partial charge in [-0.2, -0.15) is 0 Å². The Labute approximate surface area is 134 Å². The van der Waals surface area contributed by atoms with Crippen molar-refractivity contribution in [1.82, 2.24) is 0 Å². The summed E-state index contributed by atoms with van der Waals surface area (Å²) in [4.78, 5) is 0. The molecule has 0 aliphatic rings. The van der Waals surface area contributed by atoms with Gasteiger partial charge in [-0.05, 0) is 15.4 Å². The lowest BCUT2D eigenvalue weighted by Crippen LogP contribution is -2.67. The lowest BCUT2D eigenvalue weighted by Gasteiger charge is -2.41. The van der Waals surface area contributed by atoms with Gasteiger partial charge in [-0.15, -0.1) is 0 Å². The van der Waals surface area contributed by atoms with Crippen LogP contribution in [0.25, 0.3) is 0 Å². The number of hydrogen-bond donors (Lipinski definition) is 0.